The van der Waals surface area contributed by atoms with Gasteiger partial charge >= 0.3 is 0 Å². The molecule has 0 bridgehead atoms. The van der Waals surface area contributed by atoms with Gasteiger partial charge in [-0.25, -0.2) is 4.40 Å². The first-order valence-electron chi connectivity index (χ1n) is 3.67. The maximum Gasteiger partial charge on any atom is 0.265 e. The van der Waals surface area contributed by atoms with E-state index < -0.39 is 5.91 Å². The van der Waals surface area contributed by atoms with Gasteiger partial charge in [-0.05, 0) is 12.2 Å². The van der Waals surface area contributed by atoms with E-state index in [4.69, 9.17) is 5.73 Å². The predicted molar refractivity (Wildman–Crippen MR) is 52.7 cm³/mol. The molecular weight excluding hydrogens is 186 g/mol. The standard InChI is InChI=1S/C8H7N3OS/c9-8(12)7-5-2-1-3-11-13-6(5)4-10-7/h1-4,10H,(H2,9,12). The van der Waals surface area contributed by atoms with E-state index in [0.29, 0.717) is 5.69 Å². The quantitative estimate of drug-likeness (QED) is 0.658. The summed E-state index contributed by atoms with van der Waals surface area (Å²) in [5.74, 6) is -0.451. The molecule has 0 atom stereocenters. The highest BCUT2D eigenvalue weighted by molar-refractivity contribution is 7.98. The smallest absolute Gasteiger partial charge is 0.265 e. The van der Waals surface area contributed by atoms with Crippen molar-refractivity contribution in [2.24, 2.45) is 10.1 Å². The largest absolute Gasteiger partial charge is 0.364 e. The molecule has 1 aliphatic rings. The number of carbonyl (C=O) groups excluding carboxylic acids is 1. The highest BCUT2D eigenvalue weighted by atomic mass is 32.2. The molecule has 0 saturated heterocycles. The van der Waals surface area contributed by atoms with E-state index >= 15 is 0 Å². The Morgan fingerprint density at radius 2 is 2.46 bits per heavy atom. The van der Waals surface area contributed by atoms with Gasteiger partial charge in [-0.2, -0.15) is 0 Å². The van der Waals surface area contributed by atoms with Gasteiger partial charge in [-0.15, -0.1) is 0 Å². The minimum absolute atomic E-state index is 0.434. The number of nitrogens with two attached hydrogens (primary N) is 1. The van der Waals surface area contributed by atoms with Crippen LogP contribution in [0.15, 0.2) is 21.6 Å². The number of aromatic nitrogens is 1. The van der Waals surface area contributed by atoms with Gasteiger partial charge in [0.05, 0.1) is 4.90 Å². The number of nitrogens with one attached hydrogen (secondary N) is 1. The molecule has 2 heterocycles. The molecule has 4 nitrogen and oxygen atoms in total. The van der Waals surface area contributed by atoms with Crippen LogP contribution in [0.2, 0.25) is 0 Å². The van der Waals surface area contributed by atoms with Crippen molar-refractivity contribution >= 4 is 30.1 Å². The summed E-state index contributed by atoms with van der Waals surface area (Å²) in [5.41, 5.74) is 6.43. The van der Waals surface area contributed by atoms with Crippen molar-refractivity contribution < 1.29 is 4.79 Å². The molecule has 0 spiro atoms. The number of primary amides is 1. The minimum atomic E-state index is -0.451. The first-order valence-corrected chi connectivity index (χ1v) is 4.44. The van der Waals surface area contributed by atoms with Crippen LogP contribution in [-0.2, 0) is 0 Å². The summed E-state index contributed by atoms with van der Waals surface area (Å²) in [6.45, 7) is 0. The topological polar surface area (TPSA) is 71.2 Å². The number of carbonyl (C=O) groups is 1. The second kappa shape index (κ2) is 3.10. The molecule has 0 radical (unpaired) electrons. The maximum absolute atomic E-state index is 11.0. The van der Waals surface area contributed by atoms with Gasteiger partial charge in [-0.1, -0.05) is 0 Å². The number of hydrogen-bond acceptors (Lipinski definition) is 3. The Hall–Kier alpha value is -1.49. The fourth-order valence-corrected chi connectivity index (χ4v) is 1.75. The second-order valence-corrected chi connectivity index (χ2v) is 3.34. The Morgan fingerprint density at radius 3 is 3.23 bits per heavy atom. The highest BCUT2D eigenvalue weighted by Crippen LogP contribution is 2.28. The molecule has 0 unspecified atom stereocenters. The van der Waals surface area contributed by atoms with Crippen LogP contribution in [0.5, 0.6) is 0 Å². The maximum atomic E-state index is 11.0. The number of aromatic amines is 1. The number of allylic oxidation sites excluding steroid dienone is 1. The lowest BCUT2D eigenvalue weighted by atomic mass is 10.2. The van der Waals surface area contributed by atoms with E-state index in [1.54, 1.807) is 18.5 Å². The van der Waals surface area contributed by atoms with E-state index in [0.717, 1.165) is 10.5 Å². The summed E-state index contributed by atoms with van der Waals surface area (Å²) < 4.78 is 4.02. The molecule has 66 valence electrons. The minimum Gasteiger partial charge on any atom is -0.364 e. The summed E-state index contributed by atoms with van der Waals surface area (Å²) in [5, 5.41) is 0. The van der Waals surface area contributed by atoms with Crippen molar-refractivity contribution in [3.8, 4) is 0 Å². The molecule has 0 aliphatic carbocycles. The van der Waals surface area contributed by atoms with Gasteiger partial charge in [0, 0.05) is 29.9 Å². The Balaban J connectivity index is 2.54. The third-order valence-electron chi connectivity index (χ3n) is 1.69. The lowest BCUT2D eigenvalue weighted by Crippen LogP contribution is -2.12. The van der Waals surface area contributed by atoms with Crippen LogP contribution in [-0.4, -0.2) is 17.1 Å². The zero-order chi connectivity index (χ0) is 9.26. The highest BCUT2D eigenvalue weighted by Gasteiger charge is 2.13. The van der Waals surface area contributed by atoms with Gasteiger partial charge < -0.3 is 10.7 Å². The van der Waals surface area contributed by atoms with Crippen LogP contribution in [0.4, 0.5) is 0 Å². The number of hydrogen-bond donors (Lipinski definition) is 2. The van der Waals surface area contributed by atoms with Crippen molar-refractivity contribution in [3.05, 3.63) is 23.5 Å². The third kappa shape index (κ3) is 1.38. The van der Waals surface area contributed by atoms with Crippen molar-refractivity contribution in [1.29, 1.82) is 0 Å². The van der Waals surface area contributed by atoms with Crippen molar-refractivity contribution in [2.75, 3.05) is 0 Å². The molecule has 1 aliphatic heterocycles. The van der Waals surface area contributed by atoms with E-state index in [2.05, 4.69) is 9.38 Å². The van der Waals surface area contributed by atoms with E-state index in [1.807, 2.05) is 6.08 Å². The molecule has 1 aromatic rings. The number of H-pyrrole nitrogens is 1. The zero-order valence-electron chi connectivity index (χ0n) is 6.65. The summed E-state index contributed by atoms with van der Waals surface area (Å²) in [7, 11) is 0. The fourth-order valence-electron chi connectivity index (χ4n) is 1.12. The average molecular weight is 193 g/mol. The average Bonchev–Trinajstić information content (AvgIpc) is 2.36. The molecule has 2 rings (SSSR count). The molecule has 1 aromatic heterocycles. The van der Waals surface area contributed by atoms with Gasteiger partial charge in [0.25, 0.3) is 5.91 Å². The van der Waals surface area contributed by atoms with Crippen LogP contribution in [0.1, 0.15) is 16.1 Å². The van der Waals surface area contributed by atoms with Crippen LogP contribution in [0.25, 0.3) is 6.08 Å². The molecule has 0 saturated carbocycles. The molecule has 3 N–H and O–H groups in total. The van der Waals surface area contributed by atoms with Gasteiger partial charge in [0.15, 0.2) is 0 Å². The van der Waals surface area contributed by atoms with Crippen molar-refractivity contribution in [1.82, 2.24) is 4.98 Å². The summed E-state index contributed by atoms with van der Waals surface area (Å²) in [4.78, 5) is 14.7. The molecule has 13 heavy (non-hydrogen) atoms. The van der Waals surface area contributed by atoms with Crippen molar-refractivity contribution in [3.63, 3.8) is 0 Å². The Labute approximate surface area is 79.1 Å². The molecule has 1 amide bonds. The summed E-state index contributed by atoms with van der Waals surface area (Å²) >= 11 is 1.32. The molecule has 5 heteroatoms. The summed E-state index contributed by atoms with van der Waals surface area (Å²) in [6, 6.07) is 0. The zero-order valence-corrected chi connectivity index (χ0v) is 7.47. The van der Waals surface area contributed by atoms with Crippen LogP contribution in [0.3, 0.4) is 0 Å². The van der Waals surface area contributed by atoms with E-state index in [9.17, 15) is 4.79 Å². The number of rotatable bonds is 1. The lowest BCUT2D eigenvalue weighted by molar-refractivity contribution is 0.0996. The predicted octanol–water partition coefficient (Wildman–Crippen LogP) is 1.22. The van der Waals surface area contributed by atoms with Gasteiger partial charge in [0.2, 0.25) is 0 Å². The SMILES string of the molecule is NC(=O)c1[nH]cc2c1C=CC=NS2. The number of amides is 1. The molecule has 0 aromatic carbocycles. The molecule has 0 fully saturated rings. The first kappa shape index (κ1) is 8.12. The Bertz CT molecular complexity index is 406. The number of nitrogens with zero attached hydrogens (tertiary/aromatic N) is 1. The number of fused-ring (bicyclic) bond motifs is 1. The second-order valence-electron chi connectivity index (χ2n) is 2.51. The Kier molecular flexibility index (Phi) is 1.94. The third-order valence-corrected chi connectivity index (χ3v) is 2.45. The van der Waals surface area contributed by atoms with Crippen molar-refractivity contribution in [2.45, 2.75) is 4.90 Å². The fraction of sp³-hybridized carbons (Fsp3) is 0. The van der Waals surface area contributed by atoms with Gasteiger partial charge in [-0.3, -0.25) is 4.79 Å². The van der Waals surface area contributed by atoms with E-state index in [1.165, 1.54) is 11.9 Å². The summed E-state index contributed by atoms with van der Waals surface area (Å²) in [6.07, 6.45) is 7.00. The lowest BCUT2D eigenvalue weighted by Gasteiger charge is -1.94. The van der Waals surface area contributed by atoms with Crippen LogP contribution >= 0.6 is 11.9 Å². The van der Waals surface area contributed by atoms with Gasteiger partial charge in [0.1, 0.15) is 5.69 Å². The first-order chi connectivity index (χ1) is 6.29. The molecular formula is C8H7N3OS. The Morgan fingerprint density at radius 1 is 1.62 bits per heavy atom. The van der Waals surface area contributed by atoms with Crippen LogP contribution < -0.4 is 5.73 Å². The van der Waals surface area contributed by atoms with E-state index in [-0.39, 0.29) is 0 Å². The normalized spacial score (nSPS) is 13.8. The van der Waals surface area contributed by atoms with Crippen LogP contribution in [0, 0.1) is 0 Å². The monoisotopic (exact) mass is 193 g/mol.